The maximum Gasteiger partial charge on any atom is 0.247 e. The van der Waals surface area contributed by atoms with Crippen molar-refractivity contribution in [3.05, 3.63) is 198 Å². The Bertz CT molecular complexity index is 2770. The molecule has 1 spiro atoms. The maximum absolute atomic E-state index is 6.33. The first-order valence-electron chi connectivity index (χ1n) is 17.6. The van der Waals surface area contributed by atoms with Crippen LogP contribution in [-0.2, 0) is 5.41 Å². The smallest absolute Gasteiger partial charge is 0.247 e. The molecule has 11 rings (SSSR count). The van der Waals surface area contributed by atoms with Gasteiger partial charge in [0.2, 0.25) is 11.6 Å². The Morgan fingerprint density at radius 3 is 1.54 bits per heavy atom. The molecule has 0 saturated heterocycles. The van der Waals surface area contributed by atoms with E-state index in [2.05, 4.69) is 157 Å². The number of fused-ring (bicyclic) bond motifs is 11. The lowest BCUT2D eigenvalue weighted by Gasteiger charge is -2.30. The van der Waals surface area contributed by atoms with Crippen LogP contribution in [0.3, 0.4) is 0 Å². The van der Waals surface area contributed by atoms with Crippen LogP contribution in [0.25, 0.3) is 78.4 Å². The van der Waals surface area contributed by atoms with Gasteiger partial charge >= 0.3 is 0 Å². The van der Waals surface area contributed by atoms with Crippen molar-refractivity contribution in [1.29, 1.82) is 0 Å². The summed E-state index contributed by atoms with van der Waals surface area (Å²) in [6, 6.07) is 58.5. The summed E-state index contributed by atoms with van der Waals surface area (Å²) >= 11 is 0. The lowest BCUT2D eigenvalue weighted by atomic mass is 9.70. The van der Waals surface area contributed by atoms with Gasteiger partial charge in [0, 0.05) is 23.5 Å². The zero-order valence-electron chi connectivity index (χ0n) is 28.0. The van der Waals surface area contributed by atoms with Crippen molar-refractivity contribution < 1.29 is 4.42 Å². The summed E-state index contributed by atoms with van der Waals surface area (Å²) in [5.74, 6) is 0.556. The highest BCUT2D eigenvalue weighted by Crippen LogP contribution is 2.63. The topological polar surface area (TPSA) is 51.8 Å². The Labute approximate surface area is 300 Å². The zero-order valence-corrected chi connectivity index (χ0v) is 28.0. The molecule has 0 fully saturated rings. The Morgan fingerprint density at radius 2 is 0.942 bits per heavy atom. The average Bonchev–Trinajstić information content (AvgIpc) is 3.88. The van der Waals surface area contributed by atoms with E-state index in [4.69, 9.17) is 14.4 Å². The van der Waals surface area contributed by atoms with Crippen LogP contribution in [0.5, 0.6) is 0 Å². The van der Waals surface area contributed by atoms with Crippen LogP contribution in [0.1, 0.15) is 22.3 Å². The molecule has 0 amide bonds. The molecule has 0 aliphatic heterocycles. The van der Waals surface area contributed by atoms with Gasteiger partial charge in [-0.3, -0.25) is 4.98 Å². The van der Waals surface area contributed by atoms with E-state index in [1.807, 2.05) is 18.3 Å². The summed E-state index contributed by atoms with van der Waals surface area (Å²) in [6.07, 6.45) is 3.68. The normalized spacial score (nSPS) is 13.2. The van der Waals surface area contributed by atoms with Gasteiger partial charge in [-0.1, -0.05) is 127 Å². The molecule has 52 heavy (non-hydrogen) atoms. The predicted octanol–water partition coefficient (Wildman–Crippen LogP) is 11.6. The third-order valence-corrected chi connectivity index (χ3v) is 10.9. The van der Waals surface area contributed by atoms with Crippen molar-refractivity contribution in [3.8, 4) is 67.2 Å². The molecule has 0 N–H and O–H groups in total. The van der Waals surface area contributed by atoms with Crippen LogP contribution < -0.4 is 0 Å². The minimum Gasteiger partial charge on any atom is -0.418 e. The summed E-state index contributed by atoms with van der Waals surface area (Å²) in [7, 11) is 0. The first-order valence-corrected chi connectivity index (χ1v) is 17.6. The Hall–Kier alpha value is -6.91. The molecule has 242 valence electrons. The van der Waals surface area contributed by atoms with Gasteiger partial charge in [0.05, 0.1) is 11.1 Å². The number of hydrogen-bond acceptors (Lipinski definition) is 4. The first kappa shape index (κ1) is 28.9. The fourth-order valence-electron chi connectivity index (χ4n) is 8.55. The van der Waals surface area contributed by atoms with E-state index >= 15 is 0 Å². The zero-order chi connectivity index (χ0) is 34.2. The van der Waals surface area contributed by atoms with Crippen LogP contribution in [0.4, 0.5) is 0 Å². The fraction of sp³-hybridized carbons (Fsp3) is 0.0208. The summed E-state index contributed by atoms with van der Waals surface area (Å²) in [5.41, 5.74) is 18.6. The first-order chi connectivity index (χ1) is 25.8. The molecule has 4 nitrogen and oxygen atoms in total. The minimum absolute atomic E-state index is 0.397. The van der Waals surface area contributed by atoms with Gasteiger partial charge < -0.3 is 4.42 Å². The van der Waals surface area contributed by atoms with Crippen LogP contribution >= 0.6 is 0 Å². The van der Waals surface area contributed by atoms with Crippen LogP contribution in [0.2, 0.25) is 0 Å². The largest absolute Gasteiger partial charge is 0.418 e. The van der Waals surface area contributed by atoms with Crippen molar-refractivity contribution in [2.24, 2.45) is 0 Å². The number of oxazole rings is 1. The summed E-state index contributed by atoms with van der Waals surface area (Å²) in [5, 5.41) is 0. The fourth-order valence-corrected chi connectivity index (χ4v) is 8.55. The van der Waals surface area contributed by atoms with Crippen molar-refractivity contribution >= 4 is 11.2 Å². The molecular weight excluding hydrogens is 635 g/mol. The molecule has 6 aromatic carbocycles. The van der Waals surface area contributed by atoms with E-state index in [0.717, 1.165) is 44.6 Å². The average molecular weight is 664 g/mol. The molecule has 2 aliphatic carbocycles. The van der Waals surface area contributed by atoms with E-state index in [0.29, 0.717) is 11.6 Å². The van der Waals surface area contributed by atoms with Gasteiger partial charge in [0.25, 0.3) is 0 Å². The SMILES string of the molecule is c1cncc(-c2ccc(-c3ccc(-c4nc5ccc(-c6ccc7c(c6)C6(c8ccccc8-c8ccccc86)c6ccccc6-7)nc5o4)cc3)cc2)c1. The third-order valence-electron chi connectivity index (χ3n) is 10.9. The highest BCUT2D eigenvalue weighted by Gasteiger charge is 2.51. The molecule has 0 atom stereocenters. The highest BCUT2D eigenvalue weighted by atomic mass is 16.4. The van der Waals surface area contributed by atoms with E-state index in [9.17, 15) is 0 Å². The Kier molecular flexibility index (Phi) is 6.13. The number of benzene rings is 6. The number of pyridine rings is 2. The van der Waals surface area contributed by atoms with Gasteiger partial charge in [-0.05, 0) is 103 Å². The summed E-state index contributed by atoms with van der Waals surface area (Å²) in [6.45, 7) is 0. The Morgan fingerprint density at radius 1 is 0.404 bits per heavy atom. The molecule has 9 aromatic rings. The van der Waals surface area contributed by atoms with Gasteiger partial charge in [-0.15, -0.1) is 0 Å². The molecule has 0 unspecified atom stereocenters. The van der Waals surface area contributed by atoms with Gasteiger partial charge in [0.1, 0.15) is 5.52 Å². The lowest BCUT2D eigenvalue weighted by Crippen LogP contribution is -2.25. The summed E-state index contributed by atoms with van der Waals surface area (Å²) in [4.78, 5) is 14.1. The molecule has 0 radical (unpaired) electrons. The molecule has 2 aliphatic rings. The maximum atomic E-state index is 6.33. The monoisotopic (exact) mass is 663 g/mol. The van der Waals surface area contributed by atoms with Crippen molar-refractivity contribution in [1.82, 2.24) is 15.0 Å². The molecule has 0 saturated carbocycles. The van der Waals surface area contributed by atoms with Gasteiger partial charge in [0.15, 0.2) is 0 Å². The molecule has 3 aromatic heterocycles. The second-order valence-corrected chi connectivity index (χ2v) is 13.6. The molecule has 3 heterocycles. The predicted molar refractivity (Wildman–Crippen MR) is 208 cm³/mol. The molecular formula is C48H29N3O. The van der Waals surface area contributed by atoms with Gasteiger partial charge in [-0.25, -0.2) is 9.97 Å². The van der Waals surface area contributed by atoms with Crippen molar-refractivity contribution in [2.45, 2.75) is 5.41 Å². The Balaban J connectivity index is 0.957. The third kappa shape index (κ3) is 4.12. The second-order valence-electron chi connectivity index (χ2n) is 13.6. The quantitative estimate of drug-likeness (QED) is 0.188. The van der Waals surface area contributed by atoms with E-state index in [1.165, 1.54) is 44.5 Å². The van der Waals surface area contributed by atoms with E-state index in [-0.39, 0.29) is 0 Å². The summed E-state index contributed by atoms with van der Waals surface area (Å²) < 4.78 is 6.33. The molecule has 0 bridgehead atoms. The number of rotatable bonds is 4. The van der Waals surface area contributed by atoms with Gasteiger partial charge in [-0.2, -0.15) is 0 Å². The van der Waals surface area contributed by atoms with E-state index in [1.54, 1.807) is 6.20 Å². The number of aromatic nitrogens is 3. The second kappa shape index (κ2) is 11.0. The minimum atomic E-state index is -0.397. The van der Waals surface area contributed by atoms with Crippen LogP contribution in [-0.4, -0.2) is 15.0 Å². The van der Waals surface area contributed by atoms with Crippen LogP contribution in [0.15, 0.2) is 181 Å². The number of hydrogen-bond donors (Lipinski definition) is 0. The highest BCUT2D eigenvalue weighted by molar-refractivity contribution is 5.96. The van der Waals surface area contributed by atoms with Crippen molar-refractivity contribution in [3.63, 3.8) is 0 Å². The van der Waals surface area contributed by atoms with Crippen LogP contribution in [0, 0.1) is 0 Å². The lowest BCUT2D eigenvalue weighted by molar-refractivity contribution is 0.608. The van der Waals surface area contributed by atoms with Crippen molar-refractivity contribution in [2.75, 3.05) is 0 Å². The standard InChI is InChI=1S/C48H29N3O/c1-4-12-40-36(9-1)37-10-2-5-13-41(37)48(40)42-14-6-3-11-38(42)39-24-23-34(28-43(39)48)44-25-26-45-47(50-44)52-46(51-45)33-21-19-31(20-22-33)30-15-17-32(18-16-30)35-8-7-27-49-29-35/h1-29H. The molecule has 4 heteroatoms. The van der Waals surface area contributed by atoms with E-state index < -0.39 is 5.41 Å². The number of nitrogens with zero attached hydrogens (tertiary/aromatic N) is 3.